The van der Waals surface area contributed by atoms with Gasteiger partial charge in [0.2, 0.25) is 11.8 Å². The summed E-state index contributed by atoms with van der Waals surface area (Å²) in [6.45, 7) is 0.525. The fourth-order valence-corrected chi connectivity index (χ4v) is 3.06. The number of para-hydroxylation sites is 1. The Hall–Kier alpha value is -3.54. The summed E-state index contributed by atoms with van der Waals surface area (Å²) in [6, 6.07) is 15.5. The molecule has 1 aromatic heterocycles. The van der Waals surface area contributed by atoms with Crippen molar-refractivity contribution in [2.24, 2.45) is 0 Å². The first-order valence-corrected chi connectivity index (χ1v) is 9.46. The zero-order valence-corrected chi connectivity index (χ0v) is 16.6. The van der Waals surface area contributed by atoms with Gasteiger partial charge in [-0.05, 0) is 41.8 Å². The number of likely N-dealkylation sites (N-methyl/N-ethyl adjacent to an activating group) is 1. The van der Waals surface area contributed by atoms with Crippen LogP contribution in [0.5, 0.6) is 5.75 Å². The van der Waals surface area contributed by atoms with E-state index in [2.05, 4.69) is 16.4 Å². The average molecular weight is 391 g/mol. The van der Waals surface area contributed by atoms with Gasteiger partial charge in [-0.3, -0.25) is 9.59 Å². The molecule has 2 aromatic carbocycles. The standard InChI is InChI=1S/C23H25N3O3/c1-26(23(28)11-10-17-6-5-7-19(14-17)29-2)16-22(27)24-13-12-18-15-25-21-9-4-3-8-20(18)21/h3-11,14-15,25H,12-13,16H2,1-2H3,(H,24,27)/b11-10+. The van der Waals surface area contributed by atoms with Crippen molar-refractivity contribution in [3.63, 3.8) is 0 Å². The topological polar surface area (TPSA) is 74.4 Å². The Bertz CT molecular complexity index is 1020. The number of fused-ring (bicyclic) bond motifs is 1. The predicted octanol–water partition coefficient (Wildman–Crippen LogP) is 3.01. The van der Waals surface area contributed by atoms with Gasteiger partial charge in [0.05, 0.1) is 13.7 Å². The van der Waals surface area contributed by atoms with Crippen molar-refractivity contribution in [2.45, 2.75) is 6.42 Å². The fourth-order valence-electron chi connectivity index (χ4n) is 3.06. The van der Waals surface area contributed by atoms with Crippen molar-refractivity contribution >= 4 is 28.8 Å². The van der Waals surface area contributed by atoms with E-state index in [9.17, 15) is 9.59 Å². The highest BCUT2D eigenvalue weighted by Crippen LogP contribution is 2.17. The highest BCUT2D eigenvalue weighted by Gasteiger charge is 2.10. The van der Waals surface area contributed by atoms with Crippen LogP contribution in [0.4, 0.5) is 0 Å². The number of amides is 2. The van der Waals surface area contributed by atoms with Gasteiger partial charge >= 0.3 is 0 Å². The van der Waals surface area contributed by atoms with Crippen LogP contribution in [-0.2, 0) is 16.0 Å². The summed E-state index contributed by atoms with van der Waals surface area (Å²) < 4.78 is 5.17. The van der Waals surface area contributed by atoms with Gasteiger partial charge in [0, 0.05) is 36.8 Å². The molecule has 0 radical (unpaired) electrons. The molecule has 6 heteroatoms. The Labute approximate surface area is 170 Å². The number of nitrogens with zero attached hydrogens (tertiary/aromatic N) is 1. The van der Waals surface area contributed by atoms with Crippen LogP contribution in [0.3, 0.4) is 0 Å². The summed E-state index contributed by atoms with van der Waals surface area (Å²) in [5.74, 6) is 0.303. The molecule has 150 valence electrons. The van der Waals surface area contributed by atoms with E-state index in [0.29, 0.717) is 6.54 Å². The van der Waals surface area contributed by atoms with Crippen LogP contribution in [0, 0.1) is 0 Å². The molecule has 0 fully saturated rings. The van der Waals surface area contributed by atoms with Crippen LogP contribution in [0.2, 0.25) is 0 Å². The molecule has 6 nitrogen and oxygen atoms in total. The van der Waals surface area contributed by atoms with Crippen molar-refractivity contribution < 1.29 is 14.3 Å². The number of hydrogen-bond acceptors (Lipinski definition) is 3. The number of nitrogens with one attached hydrogen (secondary N) is 2. The first-order chi connectivity index (χ1) is 14.1. The first kappa shape index (κ1) is 20.2. The number of hydrogen-bond donors (Lipinski definition) is 2. The van der Waals surface area contributed by atoms with Gasteiger partial charge in [0.1, 0.15) is 5.75 Å². The molecule has 0 atom stereocenters. The number of ether oxygens (including phenoxy) is 1. The molecule has 2 amide bonds. The van der Waals surface area contributed by atoms with Crippen molar-refractivity contribution in [1.82, 2.24) is 15.2 Å². The summed E-state index contributed by atoms with van der Waals surface area (Å²) in [5, 5.41) is 4.04. The smallest absolute Gasteiger partial charge is 0.246 e. The predicted molar refractivity (Wildman–Crippen MR) is 115 cm³/mol. The lowest BCUT2D eigenvalue weighted by atomic mass is 10.1. The minimum atomic E-state index is -0.236. The van der Waals surface area contributed by atoms with Gasteiger partial charge in [-0.15, -0.1) is 0 Å². The first-order valence-electron chi connectivity index (χ1n) is 9.46. The van der Waals surface area contributed by atoms with Crippen molar-refractivity contribution in [1.29, 1.82) is 0 Å². The van der Waals surface area contributed by atoms with Gasteiger partial charge in [-0.1, -0.05) is 30.3 Å². The zero-order chi connectivity index (χ0) is 20.6. The van der Waals surface area contributed by atoms with E-state index in [1.54, 1.807) is 20.2 Å². The molecular weight excluding hydrogens is 366 g/mol. The molecule has 3 rings (SSSR count). The van der Waals surface area contributed by atoms with Crippen molar-refractivity contribution in [3.8, 4) is 5.75 Å². The lowest BCUT2D eigenvalue weighted by molar-refractivity contribution is -0.131. The zero-order valence-electron chi connectivity index (χ0n) is 16.6. The highest BCUT2D eigenvalue weighted by molar-refractivity contribution is 5.94. The summed E-state index contributed by atoms with van der Waals surface area (Å²) in [4.78, 5) is 29.0. The number of carbonyl (C=O) groups is 2. The number of aromatic nitrogens is 1. The molecule has 0 bridgehead atoms. The minimum Gasteiger partial charge on any atom is -0.497 e. The second-order valence-corrected chi connectivity index (χ2v) is 6.76. The molecule has 0 saturated heterocycles. The molecule has 29 heavy (non-hydrogen) atoms. The average Bonchev–Trinajstić information content (AvgIpc) is 3.15. The van der Waals surface area contributed by atoms with Gasteiger partial charge in [-0.2, -0.15) is 0 Å². The third-order valence-corrected chi connectivity index (χ3v) is 4.66. The van der Waals surface area contributed by atoms with E-state index in [1.165, 1.54) is 11.0 Å². The maximum Gasteiger partial charge on any atom is 0.246 e. The molecular formula is C23H25N3O3. The van der Waals surface area contributed by atoms with Crippen LogP contribution in [0.1, 0.15) is 11.1 Å². The number of H-pyrrole nitrogens is 1. The van der Waals surface area contributed by atoms with Crippen LogP contribution in [0.25, 0.3) is 17.0 Å². The molecule has 0 unspecified atom stereocenters. The highest BCUT2D eigenvalue weighted by atomic mass is 16.5. The van der Waals surface area contributed by atoms with Gasteiger partial charge in [0.25, 0.3) is 0 Å². The van der Waals surface area contributed by atoms with E-state index in [0.717, 1.165) is 34.2 Å². The monoisotopic (exact) mass is 391 g/mol. The van der Waals surface area contributed by atoms with E-state index in [1.807, 2.05) is 48.7 Å². The lowest BCUT2D eigenvalue weighted by Crippen LogP contribution is -2.38. The van der Waals surface area contributed by atoms with Crippen LogP contribution < -0.4 is 10.1 Å². The van der Waals surface area contributed by atoms with Gasteiger partial charge in [-0.25, -0.2) is 0 Å². The Morgan fingerprint density at radius 1 is 1.17 bits per heavy atom. The van der Waals surface area contributed by atoms with Crippen molar-refractivity contribution in [2.75, 3.05) is 27.2 Å². The molecule has 1 heterocycles. The Balaban J connectivity index is 1.45. The minimum absolute atomic E-state index is 0.00910. The normalized spacial score (nSPS) is 11.0. The van der Waals surface area contributed by atoms with Crippen LogP contribution in [0.15, 0.2) is 60.8 Å². The summed E-state index contributed by atoms with van der Waals surface area (Å²) in [7, 11) is 3.20. The quantitative estimate of drug-likeness (QED) is 0.580. The van der Waals surface area contributed by atoms with Crippen LogP contribution >= 0.6 is 0 Å². The molecule has 0 aliphatic carbocycles. The number of benzene rings is 2. The molecule has 0 aliphatic heterocycles. The summed E-state index contributed by atoms with van der Waals surface area (Å²) in [6.07, 6.45) is 5.85. The Morgan fingerprint density at radius 2 is 2.00 bits per heavy atom. The Morgan fingerprint density at radius 3 is 2.83 bits per heavy atom. The van der Waals surface area contributed by atoms with Crippen molar-refractivity contribution in [3.05, 3.63) is 71.9 Å². The third-order valence-electron chi connectivity index (χ3n) is 4.66. The van der Waals surface area contributed by atoms with Gasteiger partial charge < -0.3 is 19.9 Å². The summed E-state index contributed by atoms with van der Waals surface area (Å²) >= 11 is 0. The molecule has 0 aliphatic rings. The van der Waals surface area contributed by atoms with E-state index >= 15 is 0 Å². The number of aromatic amines is 1. The summed E-state index contributed by atoms with van der Waals surface area (Å²) in [5.41, 5.74) is 3.10. The second kappa shape index (κ2) is 9.59. The fraction of sp³-hybridized carbons (Fsp3) is 0.217. The number of carbonyl (C=O) groups excluding carboxylic acids is 2. The van der Waals surface area contributed by atoms with E-state index < -0.39 is 0 Å². The second-order valence-electron chi connectivity index (χ2n) is 6.76. The van der Waals surface area contributed by atoms with Gasteiger partial charge in [0.15, 0.2) is 0 Å². The van der Waals surface area contributed by atoms with Crippen LogP contribution in [-0.4, -0.2) is 48.9 Å². The largest absolute Gasteiger partial charge is 0.497 e. The SMILES string of the molecule is COc1cccc(/C=C/C(=O)N(C)CC(=O)NCCc2c[nH]c3ccccc23)c1. The number of rotatable bonds is 8. The lowest BCUT2D eigenvalue weighted by Gasteiger charge is -2.14. The molecule has 2 N–H and O–H groups in total. The van der Waals surface area contributed by atoms with E-state index in [4.69, 9.17) is 4.74 Å². The number of methoxy groups -OCH3 is 1. The molecule has 0 saturated carbocycles. The molecule has 3 aromatic rings. The Kier molecular flexibility index (Phi) is 6.68. The van der Waals surface area contributed by atoms with E-state index in [-0.39, 0.29) is 18.4 Å². The maximum absolute atomic E-state index is 12.2. The third kappa shape index (κ3) is 5.48. The molecule has 0 spiro atoms. The maximum atomic E-state index is 12.2.